The van der Waals surface area contributed by atoms with Crippen molar-refractivity contribution in [1.82, 2.24) is 35.9 Å². The Kier molecular flexibility index (Phi) is 23.2. The smallest absolute Gasteiger partial charge is 0.305 e. The molecule has 0 aliphatic heterocycles. The Bertz CT molecular complexity index is 1590. The molecule has 59 heavy (non-hydrogen) atoms. The van der Waals surface area contributed by atoms with Crippen LogP contribution in [0.4, 0.5) is 0 Å². The van der Waals surface area contributed by atoms with Crippen LogP contribution < -0.4 is 5.43 Å². The SMILES string of the molecule is CB(C)N([C@H](C=O)CC(=O)O)N([C@H](C=O)CC(=O)O)N([C@H](C=O)CC(=O)O)N([C@H](C=O)CC(=O)O)N([C@H](C=O)CC(=O)O)N(N[C@H](C=O)CC(=O)O)[C@H](C=O)CC(=O)O. The van der Waals surface area contributed by atoms with Crippen molar-refractivity contribution in [3.05, 3.63) is 0 Å². The van der Waals surface area contributed by atoms with Gasteiger partial charge in [-0.2, -0.15) is 10.2 Å². The average molecular weight is 848 g/mol. The van der Waals surface area contributed by atoms with E-state index in [0.29, 0.717) is 4.92 Å². The van der Waals surface area contributed by atoms with Gasteiger partial charge in [0.1, 0.15) is 74.2 Å². The van der Waals surface area contributed by atoms with Gasteiger partial charge < -0.3 is 69.3 Å². The summed E-state index contributed by atoms with van der Waals surface area (Å²) in [7, 11) is 0. The van der Waals surface area contributed by atoms with Gasteiger partial charge in [0.05, 0.1) is 57.0 Å². The third-order valence-electron chi connectivity index (χ3n) is 7.56. The topological polar surface area (TPSA) is 412 Å². The quantitative estimate of drug-likeness (QED) is 0.0169. The van der Waals surface area contributed by atoms with Crippen LogP contribution in [0.1, 0.15) is 44.9 Å². The zero-order chi connectivity index (χ0) is 45.7. The molecule has 0 radical (unpaired) electrons. The highest BCUT2D eigenvalue weighted by Gasteiger charge is 2.51. The number of hydrogen-bond donors (Lipinski definition) is 8. The molecule has 0 amide bonds. The first-order chi connectivity index (χ1) is 27.6. The van der Waals surface area contributed by atoms with Crippen LogP contribution in [-0.2, 0) is 67.1 Å². The van der Waals surface area contributed by atoms with Crippen LogP contribution >= 0.6 is 0 Å². The number of carboxylic acids is 7. The molecule has 0 aromatic carbocycles. The predicted molar refractivity (Wildman–Crippen MR) is 186 cm³/mol. The van der Waals surface area contributed by atoms with Crippen LogP contribution in [0.25, 0.3) is 0 Å². The van der Waals surface area contributed by atoms with Crippen LogP contribution in [0.3, 0.4) is 0 Å². The molecule has 0 spiro atoms. The van der Waals surface area contributed by atoms with Crippen molar-refractivity contribution in [3.63, 3.8) is 0 Å². The Morgan fingerprint density at radius 1 is 0.407 bits per heavy atom. The van der Waals surface area contributed by atoms with E-state index in [1.165, 1.54) is 0 Å². The summed E-state index contributed by atoms with van der Waals surface area (Å²) in [6.07, 6.45) is -11.6. The normalized spacial score (nSPS) is 15.0. The Morgan fingerprint density at radius 3 is 0.966 bits per heavy atom. The first kappa shape index (κ1) is 52.8. The van der Waals surface area contributed by atoms with Gasteiger partial charge in [-0.25, -0.2) is 5.43 Å². The van der Waals surface area contributed by atoms with Crippen molar-refractivity contribution in [2.75, 3.05) is 0 Å². The number of rotatable bonds is 35. The van der Waals surface area contributed by atoms with Gasteiger partial charge in [-0.05, 0) is 0 Å². The molecule has 326 valence electrons. The molecule has 0 saturated heterocycles. The lowest BCUT2D eigenvalue weighted by Crippen LogP contribution is -2.79. The highest BCUT2D eigenvalue weighted by Crippen LogP contribution is 2.29. The van der Waals surface area contributed by atoms with Crippen molar-refractivity contribution in [2.24, 2.45) is 0 Å². The summed E-state index contributed by atoms with van der Waals surface area (Å²) in [6.45, 7) is 0.959. The summed E-state index contributed by atoms with van der Waals surface area (Å²) in [5, 5.41) is 68.9. The third-order valence-corrected chi connectivity index (χ3v) is 7.56. The molecule has 0 bridgehead atoms. The van der Waals surface area contributed by atoms with E-state index in [4.69, 9.17) is 0 Å². The number of nitrogens with one attached hydrogen (secondary N) is 1. The van der Waals surface area contributed by atoms with Gasteiger partial charge in [0, 0.05) is 0 Å². The minimum absolute atomic E-state index is 0.00940. The molecule has 7 atom stereocenters. The van der Waals surface area contributed by atoms with Crippen molar-refractivity contribution >= 4 is 92.6 Å². The first-order valence-electron chi connectivity index (χ1n) is 16.8. The molecule has 0 aromatic heterocycles. The maximum atomic E-state index is 13.1. The molecule has 0 unspecified atom stereocenters. The molecular weight excluding hydrogens is 805 g/mol. The summed E-state index contributed by atoms with van der Waals surface area (Å²) in [5.74, 6) is -13.1. The van der Waals surface area contributed by atoms with Gasteiger partial charge >= 0.3 is 41.8 Å². The average Bonchev–Trinajstić information content (AvgIpc) is 3.13. The van der Waals surface area contributed by atoms with Gasteiger partial charge in [0.2, 0.25) is 6.85 Å². The Balaban J connectivity index is 9.63. The number of aldehydes is 7. The number of carboxylic acid groups (broad SMARTS) is 7. The van der Waals surface area contributed by atoms with Crippen LogP contribution in [0.2, 0.25) is 13.6 Å². The first-order valence-corrected chi connectivity index (χ1v) is 16.8. The lowest BCUT2D eigenvalue weighted by Gasteiger charge is -2.58. The monoisotopic (exact) mass is 847 g/mol. The number of carbonyl (C=O) groups excluding carboxylic acids is 7. The fourth-order valence-corrected chi connectivity index (χ4v) is 5.40. The molecule has 0 rings (SSSR count). The van der Waals surface area contributed by atoms with E-state index in [1.54, 1.807) is 0 Å². The van der Waals surface area contributed by atoms with Gasteiger partial charge in [-0.1, -0.05) is 13.6 Å². The van der Waals surface area contributed by atoms with Crippen molar-refractivity contribution in [2.45, 2.75) is 101 Å². The maximum absolute atomic E-state index is 13.1. The Labute approximate surface area is 332 Å². The largest absolute Gasteiger partial charge is 0.481 e. The Hall–Kier alpha value is -6.24. The van der Waals surface area contributed by atoms with Crippen molar-refractivity contribution in [1.29, 1.82) is 0 Å². The van der Waals surface area contributed by atoms with Crippen molar-refractivity contribution < 1.29 is 103 Å². The van der Waals surface area contributed by atoms with Gasteiger partial charge in [0.25, 0.3) is 0 Å². The summed E-state index contributed by atoms with van der Waals surface area (Å²) < 4.78 is 0. The molecule has 8 N–H and O–H groups in total. The second-order valence-electron chi connectivity index (χ2n) is 12.4. The number of hydrazine groups is 6. The fourth-order valence-electron chi connectivity index (χ4n) is 5.40. The standard InChI is InChI=1S/C30H42BN7O21/c1-31(2)33(18(11-40)4-25(48)49)35(20(13-42)6-27(52)53)37(22(15-44)8-29(56)57)38(23(16-45)9-30(58)59)36(21(14-43)7-28(54)55)34(19(12-41)5-26(50)51)32-17(10-39)3-24(46)47/h10-23,32H,3-9H2,1-2H3,(H,46,47)(H,48,49)(H,50,51)(H,52,53)(H,54,55)(H,56,57)(H,58,59)/t17-,18-,19-,20-,21-,22-,23-/m0/s1. The summed E-state index contributed by atoms with van der Waals surface area (Å²) in [6, 6.07) is -16.6. The molecule has 29 heteroatoms. The van der Waals surface area contributed by atoms with E-state index in [1.807, 2.05) is 0 Å². The zero-order valence-electron chi connectivity index (χ0n) is 31.1. The molecule has 0 aromatic rings. The van der Waals surface area contributed by atoms with Crippen LogP contribution in [0.15, 0.2) is 0 Å². The Morgan fingerprint density at radius 2 is 0.678 bits per heavy atom. The molecule has 0 aliphatic rings. The molecule has 0 saturated carbocycles. The van der Waals surface area contributed by atoms with Gasteiger partial charge in [-0.15, -0.1) is 15.4 Å². The summed E-state index contributed by atoms with van der Waals surface area (Å²) in [4.78, 5) is 175. The van der Waals surface area contributed by atoms with Gasteiger partial charge in [-0.3, -0.25) is 38.5 Å². The van der Waals surface area contributed by atoms with Gasteiger partial charge in [0.15, 0.2) is 0 Å². The van der Waals surface area contributed by atoms with Crippen LogP contribution in [-0.4, -0.2) is 201 Å². The second-order valence-corrected chi connectivity index (χ2v) is 12.4. The lowest BCUT2D eigenvalue weighted by atomic mass is 9.66. The van der Waals surface area contributed by atoms with E-state index < -0.39 is 136 Å². The van der Waals surface area contributed by atoms with E-state index in [0.717, 1.165) is 13.6 Å². The third kappa shape index (κ3) is 16.6. The molecule has 0 heterocycles. The summed E-state index contributed by atoms with van der Waals surface area (Å²) >= 11 is 0. The van der Waals surface area contributed by atoms with Crippen LogP contribution in [0.5, 0.6) is 0 Å². The van der Waals surface area contributed by atoms with E-state index in [9.17, 15) is 103 Å². The lowest BCUT2D eigenvalue weighted by molar-refractivity contribution is -0.404. The van der Waals surface area contributed by atoms with E-state index in [2.05, 4.69) is 5.43 Å². The minimum Gasteiger partial charge on any atom is -0.481 e. The van der Waals surface area contributed by atoms with E-state index in [-0.39, 0.29) is 69.6 Å². The maximum Gasteiger partial charge on any atom is 0.305 e. The van der Waals surface area contributed by atoms with E-state index >= 15 is 0 Å². The minimum atomic E-state index is -2.60. The fraction of sp³-hybridized carbons (Fsp3) is 0.533. The zero-order valence-corrected chi connectivity index (χ0v) is 31.1. The predicted octanol–water partition coefficient (Wildman–Crippen LogP) is -4.58. The number of hydrogen-bond acceptors (Lipinski definition) is 21. The summed E-state index contributed by atoms with van der Waals surface area (Å²) in [5.41, 5.74) is 2.07. The molecule has 0 aliphatic carbocycles. The van der Waals surface area contributed by atoms with Crippen LogP contribution in [0, 0.1) is 0 Å². The highest BCUT2D eigenvalue weighted by molar-refractivity contribution is 6.52. The molecular formula is C30H42BN7O21. The number of aliphatic carboxylic acids is 7. The number of nitrogens with zero attached hydrogens (tertiary/aromatic N) is 6. The van der Waals surface area contributed by atoms with Crippen molar-refractivity contribution in [3.8, 4) is 0 Å². The molecule has 28 nitrogen and oxygen atoms in total. The number of carbonyl (C=O) groups is 14. The highest BCUT2D eigenvalue weighted by atomic mass is 16.4. The second kappa shape index (κ2) is 25.9. The molecule has 0 fully saturated rings.